The van der Waals surface area contributed by atoms with Gasteiger partial charge in [0.15, 0.2) is 4.90 Å². The highest BCUT2D eigenvalue weighted by Gasteiger charge is 2.32. The summed E-state index contributed by atoms with van der Waals surface area (Å²) < 4.78 is 46.4. The Labute approximate surface area is 189 Å². The van der Waals surface area contributed by atoms with Crippen molar-refractivity contribution in [3.8, 4) is 5.75 Å². The van der Waals surface area contributed by atoms with Gasteiger partial charge in [0.25, 0.3) is 0 Å². The maximum atomic E-state index is 13.3. The second-order valence-corrected chi connectivity index (χ2v) is 9.13. The molecule has 1 N–H and O–H groups in total. The molecule has 3 aromatic carbocycles. The van der Waals surface area contributed by atoms with E-state index in [0.717, 1.165) is 10.9 Å². The zero-order valence-corrected chi connectivity index (χ0v) is 18.3. The predicted molar refractivity (Wildman–Crippen MR) is 120 cm³/mol. The Morgan fingerprint density at radius 2 is 1.79 bits per heavy atom. The molecule has 1 atom stereocenters. The number of methoxy groups -OCH3 is 1. The smallest absolute Gasteiger partial charge is 0.317 e. The van der Waals surface area contributed by atoms with Crippen molar-refractivity contribution in [3.63, 3.8) is 0 Å². The van der Waals surface area contributed by atoms with Crippen molar-refractivity contribution in [2.45, 2.75) is 16.5 Å². The largest absolute Gasteiger partial charge is 0.604 e. The Hall–Kier alpha value is -3.89. The fraction of sp³-hybridized carbons (Fsp3) is 0.0870. The van der Waals surface area contributed by atoms with Crippen molar-refractivity contribution in [1.29, 1.82) is 0 Å². The molecule has 0 saturated heterocycles. The number of anilines is 1. The van der Waals surface area contributed by atoms with Gasteiger partial charge in [0, 0.05) is 11.9 Å². The standard InChI is InChI=1S/C23H18FN5O3S/c1-32-17-10-12-18(13-11-17)33(30,31)23-22-26-21(25-14-15-6-8-16(24)9-7-15)19-4-2-3-5-20(19)29(22)28-27-23/h2-13H,14H2,1H3,(H-,25,26,30,31). The molecule has 8 nitrogen and oxygen atoms in total. The van der Waals surface area contributed by atoms with Crippen LogP contribution in [0.4, 0.5) is 10.2 Å². The predicted octanol–water partition coefficient (Wildman–Crippen LogP) is 4.09. The highest BCUT2D eigenvalue weighted by atomic mass is 32.3. The van der Waals surface area contributed by atoms with Crippen molar-refractivity contribution in [2.75, 3.05) is 12.4 Å². The molecule has 0 saturated carbocycles. The van der Waals surface area contributed by atoms with Gasteiger partial charge in [-0.1, -0.05) is 38.8 Å². The molecular formula is C23H18FN5O3S. The molecule has 0 amide bonds. The van der Waals surface area contributed by atoms with Crippen LogP contribution in [0.2, 0.25) is 0 Å². The van der Waals surface area contributed by atoms with Gasteiger partial charge >= 0.3 is 5.03 Å². The third kappa shape index (κ3) is 3.79. The molecule has 1 unspecified atom stereocenters. The van der Waals surface area contributed by atoms with E-state index >= 15 is 0 Å². The molecule has 0 radical (unpaired) electrons. The van der Waals surface area contributed by atoms with E-state index in [1.807, 2.05) is 24.3 Å². The van der Waals surface area contributed by atoms with Gasteiger partial charge in [-0.3, -0.25) is 0 Å². The molecule has 0 aliphatic rings. The van der Waals surface area contributed by atoms with E-state index < -0.39 is 10.2 Å². The van der Waals surface area contributed by atoms with Crippen molar-refractivity contribution in [2.24, 2.45) is 0 Å². The number of ether oxygens (including phenoxy) is 1. The number of nitrogens with one attached hydrogen (secondary N) is 1. The SMILES string of the molecule is COc1ccc([S+](=O)([O-])c2nnn3c2nc(NCc2ccc(F)cc2)c2ccccc23)cc1. The molecule has 0 fully saturated rings. The Morgan fingerprint density at radius 3 is 2.52 bits per heavy atom. The molecule has 0 spiro atoms. The average Bonchev–Trinajstić information content (AvgIpc) is 3.28. The maximum Gasteiger partial charge on any atom is 0.317 e. The van der Waals surface area contributed by atoms with Crippen molar-refractivity contribution < 1.29 is 17.9 Å². The first-order valence-electron chi connectivity index (χ1n) is 9.99. The van der Waals surface area contributed by atoms with E-state index in [1.54, 1.807) is 24.3 Å². The number of rotatable bonds is 6. The Balaban J connectivity index is 1.61. The number of sulfone groups is 1. The van der Waals surface area contributed by atoms with Crippen LogP contribution in [0.15, 0.2) is 82.7 Å². The third-order valence-corrected chi connectivity index (χ3v) is 6.89. The number of benzene rings is 3. The van der Waals surface area contributed by atoms with E-state index in [9.17, 15) is 13.2 Å². The molecule has 5 rings (SSSR count). The van der Waals surface area contributed by atoms with E-state index in [4.69, 9.17) is 4.74 Å². The molecule has 0 bridgehead atoms. The lowest BCUT2D eigenvalue weighted by Crippen LogP contribution is -2.13. The number of halogens is 1. The van der Waals surface area contributed by atoms with Crippen LogP contribution in [0, 0.1) is 5.82 Å². The summed E-state index contributed by atoms with van der Waals surface area (Å²) in [5.74, 6) is 0.691. The fourth-order valence-electron chi connectivity index (χ4n) is 3.51. The lowest BCUT2D eigenvalue weighted by atomic mass is 10.2. The van der Waals surface area contributed by atoms with Crippen molar-refractivity contribution in [1.82, 2.24) is 19.8 Å². The number of para-hydroxylation sites is 1. The summed E-state index contributed by atoms with van der Waals surface area (Å²) in [4.78, 5) is 4.63. The van der Waals surface area contributed by atoms with Crippen LogP contribution in [0.25, 0.3) is 16.6 Å². The van der Waals surface area contributed by atoms with Crippen molar-refractivity contribution >= 4 is 32.6 Å². The fourth-order valence-corrected chi connectivity index (χ4v) is 4.74. The summed E-state index contributed by atoms with van der Waals surface area (Å²) >= 11 is 0. The Morgan fingerprint density at radius 1 is 1.06 bits per heavy atom. The first-order chi connectivity index (χ1) is 16.0. The molecule has 10 heteroatoms. The van der Waals surface area contributed by atoms with Gasteiger partial charge in [0.1, 0.15) is 27.6 Å². The quantitative estimate of drug-likeness (QED) is 0.378. The van der Waals surface area contributed by atoms with Crippen LogP contribution in [0.5, 0.6) is 5.75 Å². The molecule has 33 heavy (non-hydrogen) atoms. The molecule has 0 aliphatic heterocycles. The first kappa shape index (κ1) is 21.0. The zero-order chi connectivity index (χ0) is 23.0. The maximum absolute atomic E-state index is 13.3. The molecule has 166 valence electrons. The number of hydrogen-bond acceptors (Lipinski definition) is 7. The highest BCUT2D eigenvalue weighted by molar-refractivity contribution is 7.97. The molecular weight excluding hydrogens is 445 g/mol. The van der Waals surface area contributed by atoms with Crippen molar-refractivity contribution in [3.05, 3.63) is 84.2 Å². The summed E-state index contributed by atoms with van der Waals surface area (Å²) in [6, 6.07) is 19.5. The monoisotopic (exact) mass is 463 g/mol. The third-order valence-electron chi connectivity index (χ3n) is 5.22. The number of nitrogens with zero attached hydrogens (tertiary/aromatic N) is 4. The first-order valence-corrected chi connectivity index (χ1v) is 11.5. The van der Waals surface area contributed by atoms with E-state index in [2.05, 4.69) is 20.6 Å². The van der Waals surface area contributed by atoms with Gasteiger partial charge in [0.05, 0.1) is 12.6 Å². The number of aromatic nitrogens is 4. The summed E-state index contributed by atoms with van der Waals surface area (Å²) in [5.41, 5.74) is 1.60. The summed E-state index contributed by atoms with van der Waals surface area (Å²) in [6.07, 6.45) is 0. The second-order valence-electron chi connectivity index (χ2n) is 7.27. The van der Waals surface area contributed by atoms with Crippen LogP contribution in [0.3, 0.4) is 0 Å². The average molecular weight is 463 g/mol. The van der Waals surface area contributed by atoms with Gasteiger partial charge in [-0.2, -0.15) is 4.52 Å². The zero-order valence-electron chi connectivity index (χ0n) is 17.4. The molecule has 2 aromatic heterocycles. The lowest BCUT2D eigenvalue weighted by molar-refractivity contribution is 0.414. The Kier molecular flexibility index (Phi) is 5.23. The topological polar surface area (TPSA) is 104 Å². The summed E-state index contributed by atoms with van der Waals surface area (Å²) in [5, 5.41) is 11.8. The van der Waals surface area contributed by atoms with E-state index in [0.29, 0.717) is 23.6 Å². The van der Waals surface area contributed by atoms with Crippen LogP contribution in [0.1, 0.15) is 5.56 Å². The minimum absolute atomic E-state index is 0.0569. The molecule has 2 heterocycles. The number of fused-ring (bicyclic) bond motifs is 3. The van der Waals surface area contributed by atoms with Crippen LogP contribution < -0.4 is 10.1 Å². The molecule has 5 aromatic rings. The number of hydrogen-bond donors (Lipinski definition) is 1. The van der Waals surface area contributed by atoms with Gasteiger partial charge in [-0.25, -0.2) is 9.37 Å². The van der Waals surface area contributed by atoms with Gasteiger partial charge < -0.3 is 14.6 Å². The van der Waals surface area contributed by atoms with E-state index in [1.165, 1.54) is 35.9 Å². The minimum Gasteiger partial charge on any atom is -0.604 e. The van der Waals surface area contributed by atoms with Gasteiger partial charge in [-0.05, 0) is 54.1 Å². The van der Waals surface area contributed by atoms with Gasteiger partial charge in [0.2, 0.25) is 5.65 Å². The van der Waals surface area contributed by atoms with Gasteiger partial charge in [-0.15, -0.1) is 0 Å². The van der Waals surface area contributed by atoms with Crippen LogP contribution in [-0.2, 0) is 21.0 Å². The summed E-state index contributed by atoms with van der Waals surface area (Å²) in [6.45, 7) is 0.371. The Bertz CT molecular complexity index is 1500. The lowest BCUT2D eigenvalue weighted by Gasteiger charge is -2.13. The van der Waals surface area contributed by atoms with Crippen LogP contribution in [-0.4, -0.2) is 31.5 Å². The van der Waals surface area contributed by atoms with E-state index in [-0.39, 0.29) is 21.4 Å². The van der Waals surface area contributed by atoms with Crippen LogP contribution >= 0.6 is 0 Å². The minimum atomic E-state index is -3.99. The summed E-state index contributed by atoms with van der Waals surface area (Å²) in [7, 11) is -2.48. The highest BCUT2D eigenvalue weighted by Crippen LogP contribution is 2.31. The molecule has 0 aliphatic carbocycles. The normalized spacial score (nSPS) is 13.2. The second kappa shape index (κ2) is 8.23.